The maximum Gasteiger partial charge on any atom is 0.215 e. The van der Waals surface area contributed by atoms with Gasteiger partial charge in [0.15, 0.2) is 0 Å². The van der Waals surface area contributed by atoms with Crippen LogP contribution in [0.4, 0.5) is 5.69 Å². The van der Waals surface area contributed by atoms with E-state index < -0.39 is 10.0 Å². The number of rotatable bonds is 7. The van der Waals surface area contributed by atoms with Gasteiger partial charge < -0.3 is 10.5 Å². The average Bonchev–Trinajstić information content (AvgIpc) is 2.25. The van der Waals surface area contributed by atoms with Gasteiger partial charge in [0, 0.05) is 17.8 Å². The molecule has 1 unspecified atom stereocenters. The molecule has 6 heteroatoms. The van der Waals surface area contributed by atoms with Gasteiger partial charge in [0.2, 0.25) is 10.0 Å². The molecule has 112 valence electrons. The number of sulfonamides is 1. The first-order valence-electron chi connectivity index (χ1n) is 6.94. The van der Waals surface area contributed by atoms with Gasteiger partial charge in [0.25, 0.3) is 0 Å². The SMILES string of the molecule is CC(NS(=O)(=O)CCOc1cccc(N)c1)C1CCC1. The van der Waals surface area contributed by atoms with Crippen molar-refractivity contribution in [3.05, 3.63) is 24.3 Å². The zero-order valence-electron chi connectivity index (χ0n) is 11.7. The first-order chi connectivity index (χ1) is 9.46. The van der Waals surface area contributed by atoms with Crippen LogP contribution in [-0.2, 0) is 10.0 Å². The van der Waals surface area contributed by atoms with E-state index in [1.54, 1.807) is 24.3 Å². The molecular formula is C14H22N2O3S. The fraction of sp³-hybridized carbons (Fsp3) is 0.571. The molecule has 0 saturated heterocycles. The van der Waals surface area contributed by atoms with Crippen LogP contribution in [0.1, 0.15) is 26.2 Å². The molecule has 2 rings (SSSR count). The van der Waals surface area contributed by atoms with E-state index in [-0.39, 0.29) is 18.4 Å². The molecule has 0 spiro atoms. The molecular weight excluding hydrogens is 276 g/mol. The lowest BCUT2D eigenvalue weighted by Gasteiger charge is -2.31. The van der Waals surface area contributed by atoms with E-state index in [0.717, 1.165) is 12.8 Å². The number of nitrogens with one attached hydrogen (secondary N) is 1. The lowest BCUT2D eigenvalue weighted by Crippen LogP contribution is -2.42. The molecule has 0 aromatic heterocycles. The minimum Gasteiger partial charge on any atom is -0.492 e. The van der Waals surface area contributed by atoms with E-state index in [2.05, 4.69) is 4.72 Å². The van der Waals surface area contributed by atoms with Crippen LogP contribution in [0.25, 0.3) is 0 Å². The Morgan fingerprint density at radius 2 is 2.20 bits per heavy atom. The zero-order chi connectivity index (χ0) is 14.6. The van der Waals surface area contributed by atoms with E-state index in [9.17, 15) is 8.42 Å². The Balaban J connectivity index is 1.77. The summed E-state index contributed by atoms with van der Waals surface area (Å²) in [6, 6.07) is 6.98. The van der Waals surface area contributed by atoms with Crippen molar-refractivity contribution in [1.82, 2.24) is 4.72 Å². The van der Waals surface area contributed by atoms with Crippen molar-refractivity contribution < 1.29 is 13.2 Å². The highest BCUT2D eigenvalue weighted by atomic mass is 32.2. The molecule has 0 radical (unpaired) electrons. The maximum absolute atomic E-state index is 11.9. The Kier molecular flexibility index (Phi) is 4.88. The highest BCUT2D eigenvalue weighted by Gasteiger charge is 2.26. The van der Waals surface area contributed by atoms with Crippen molar-refractivity contribution in [3.8, 4) is 5.75 Å². The van der Waals surface area contributed by atoms with Gasteiger partial charge in [-0.15, -0.1) is 0 Å². The largest absolute Gasteiger partial charge is 0.492 e. The molecule has 0 aliphatic heterocycles. The minimum absolute atomic E-state index is 0.0149. The monoisotopic (exact) mass is 298 g/mol. The van der Waals surface area contributed by atoms with Gasteiger partial charge in [0.1, 0.15) is 12.4 Å². The van der Waals surface area contributed by atoms with Crippen LogP contribution < -0.4 is 15.2 Å². The Morgan fingerprint density at radius 3 is 2.80 bits per heavy atom. The summed E-state index contributed by atoms with van der Waals surface area (Å²) >= 11 is 0. The second-order valence-electron chi connectivity index (χ2n) is 5.34. The summed E-state index contributed by atoms with van der Waals surface area (Å²) in [5.74, 6) is 1.03. The number of nitrogens with two attached hydrogens (primary N) is 1. The Morgan fingerprint density at radius 1 is 1.45 bits per heavy atom. The summed E-state index contributed by atoms with van der Waals surface area (Å²) in [6.07, 6.45) is 3.43. The fourth-order valence-electron chi connectivity index (χ4n) is 2.25. The topological polar surface area (TPSA) is 81.4 Å². The van der Waals surface area contributed by atoms with Gasteiger partial charge in [-0.25, -0.2) is 13.1 Å². The standard InChI is InChI=1S/C14H22N2O3S/c1-11(12-4-2-5-12)16-20(17,18)9-8-19-14-7-3-6-13(15)10-14/h3,6-7,10-12,16H,2,4-5,8-9,15H2,1H3. The van der Waals surface area contributed by atoms with Crippen molar-refractivity contribution in [3.63, 3.8) is 0 Å². The maximum atomic E-state index is 11.9. The predicted octanol–water partition coefficient (Wildman–Crippen LogP) is 1.76. The Labute approximate surface area is 120 Å². The van der Waals surface area contributed by atoms with Crippen LogP contribution in [0.2, 0.25) is 0 Å². The molecule has 1 aliphatic rings. The highest BCUT2D eigenvalue weighted by molar-refractivity contribution is 7.89. The predicted molar refractivity (Wildman–Crippen MR) is 80.1 cm³/mol. The van der Waals surface area contributed by atoms with Gasteiger partial charge in [-0.1, -0.05) is 12.5 Å². The van der Waals surface area contributed by atoms with Crippen molar-refractivity contribution in [2.75, 3.05) is 18.1 Å². The molecule has 1 aliphatic carbocycles. The van der Waals surface area contributed by atoms with Crippen molar-refractivity contribution >= 4 is 15.7 Å². The lowest BCUT2D eigenvalue weighted by atomic mass is 9.81. The van der Waals surface area contributed by atoms with E-state index in [1.807, 2.05) is 6.92 Å². The van der Waals surface area contributed by atoms with Gasteiger partial charge in [0.05, 0.1) is 5.75 Å². The number of nitrogen functional groups attached to an aromatic ring is 1. The molecule has 1 atom stereocenters. The van der Waals surface area contributed by atoms with Crippen LogP contribution in [0.15, 0.2) is 24.3 Å². The number of hydrogen-bond donors (Lipinski definition) is 2. The smallest absolute Gasteiger partial charge is 0.215 e. The average molecular weight is 298 g/mol. The van der Waals surface area contributed by atoms with Crippen LogP contribution in [0, 0.1) is 5.92 Å². The Bertz CT molecular complexity index is 541. The van der Waals surface area contributed by atoms with E-state index in [1.165, 1.54) is 6.42 Å². The molecule has 0 amide bonds. The van der Waals surface area contributed by atoms with Crippen molar-refractivity contribution in [1.29, 1.82) is 0 Å². The van der Waals surface area contributed by atoms with Crippen LogP contribution in [-0.4, -0.2) is 26.8 Å². The summed E-state index contributed by atoms with van der Waals surface area (Å²) in [7, 11) is -3.29. The Hall–Kier alpha value is -1.27. The molecule has 0 bridgehead atoms. The van der Waals surface area contributed by atoms with Crippen molar-refractivity contribution in [2.24, 2.45) is 5.92 Å². The van der Waals surface area contributed by atoms with Gasteiger partial charge in [-0.05, 0) is 37.8 Å². The third-order valence-electron chi connectivity index (χ3n) is 3.70. The number of anilines is 1. The van der Waals surface area contributed by atoms with Crippen molar-refractivity contribution in [2.45, 2.75) is 32.2 Å². The normalized spacial score (nSPS) is 17.4. The summed E-state index contributed by atoms with van der Waals surface area (Å²) in [4.78, 5) is 0. The molecule has 1 aromatic carbocycles. The molecule has 0 heterocycles. The lowest BCUT2D eigenvalue weighted by molar-refractivity contribution is 0.260. The molecule has 5 nitrogen and oxygen atoms in total. The van der Waals surface area contributed by atoms with E-state index in [0.29, 0.717) is 17.4 Å². The third-order valence-corrected chi connectivity index (χ3v) is 5.14. The number of hydrogen-bond acceptors (Lipinski definition) is 4. The summed E-state index contributed by atoms with van der Waals surface area (Å²) in [6.45, 7) is 2.05. The van der Waals surface area contributed by atoms with Gasteiger partial charge in [-0.2, -0.15) is 0 Å². The third kappa shape index (κ3) is 4.38. The number of ether oxygens (including phenoxy) is 1. The molecule has 3 N–H and O–H groups in total. The zero-order valence-corrected chi connectivity index (χ0v) is 12.5. The summed E-state index contributed by atoms with van der Waals surface area (Å²) in [5.41, 5.74) is 6.23. The number of benzene rings is 1. The molecule has 1 saturated carbocycles. The fourth-order valence-corrected chi connectivity index (χ4v) is 3.43. The van der Waals surface area contributed by atoms with E-state index >= 15 is 0 Å². The second kappa shape index (κ2) is 6.45. The quantitative estimate of drug-likeness (QED) is 0.752. The first kappa shape index (κ1) is 15.1. The van der Waals surface area contributed by atoms with Crippen LogP contribution >= 0.6 is 0 Å². The second-order valence-corrected chi connectivity index (χ2v) is 7.21. The molecule has 20 heavy (non-hydrogen) atoms. The summed E-state index contributed by atoms with van der Waals surface area (Å²) in [5, 5.41) is 0. The first-order valence-corrected chi connectivity index (χ1v) is 8.60. The highest BCUT2D eigenvalue weighted by Crippen LogP contribution is 2.29. The molecule has 1 fully saturated rings. The van der Waals surface area contributed by atoms with E-state index in [4.69, 9.17) is 10.5 Å². The van der Waals surface area contributed by atoms with Gasteiger partial charge in [-0.3, -0.25) is 0 Å². The molecule has 1 aromatic rings. The van der Waals surface area contributed by atoms with Gasteiger partial charge >= 0.3 is 0 Å². The summed E-state index contributed by atoms with van der Waals surface area (Å²) < 4.78 is 32.0. The minimum atomic E-state index is -3.29. The van der Waals surface area contributed by atoms with Crippen LogP contribution in [0.5, 0.6) is 5.75 Å². The van der Waals surface area contributed by atoms with Crippen LogP contribution in [0.3, 0.4) is 0 Å².